The molecule has 2 aromatic heterocycles. The van der Waals surface area contributed by atoms with Crippen molar-refractivity contribution in [1.82, 2.24) is 15.2 Å². The fraction of sp³-hybridized carbons (Fsp3) is 0.100. The Kier molecular flexibility index (Phi) is 4.56. The SMILES string of the molecule is CS(=O)(=O)c1ccc(F)cc1CNc1ccc2[nH]nc(-c3cccnc3)c2c1. The van der Waals surface area contributed by atoms with Crippen LogP contribution in [0.1, 0.15) is 5.56 Å². The zero-order valence-electron chi connectivity index (χ0n) is 15.0. The second-order valence-electron chi connectivity index (χ2n) is 6.45. The average Bonchev–Trinajstić information content (AvgIpc) is 3.09. The van der Waals surface area contributed by atoms with Crippen LogP contribution in [0.5, 0.6) is 0 Å². The first-order valence-corrected chi connectivity index (χ1v) is 10.4. The monoisotopic (exact) mass is 396 g/mol. The molecule has 0 spiro atoms. The summed E-state index contributed by atoms with van der Waals surface area (Å²) < 4.78 is 37.5. The van der Waals surface area contributed by atoms with Crippen LogP contribution in [0.4, 0.5) is 10.1 Å². The fourth-order valence-corrected chi connectivity index (χ4v) is 4.01. The van der Waals surface area contributed by atoms with Crippen molar-refractivity contribution in [2.75, 3.05) is 11.6 Å². The zero-order chi connectivity index (χ0) is 19.7. The first-order valence-electron chi connectivity index (χ1n) is 8.53. The Morgan fingerprint density at radius 1 is 1.14 bits per heavy atom. The lowest BCUT2D eigenvalue weighted by Gasteiger charge is -2.11. The molecule has 0 saturated heterocycles. The van der Waals surface area contributed by atoms with Gasteiger partial charge in [0.15, 0.2) is 9.84 Å². The van der Waals surface area contributed by atoms with Crippen LogP contribution < -0.4 is 5.32 Å². The molecule has 0 atom stereocenters. The van der Waals surface area contributed by atoms with Gasteiger partial charge < -0.3 is 5.32 Å². The van der Waals surface area contributed by atoms with E-state index < -0.39 is 15.7 Å². The van der Waals surface area contributed by atoms with E-state index >= 15 is 0 Å². The largest absolute Gasteiger partial charge is 0.381 e. The van der Waals surface area contributed by atoms with Crippen molar-refractivity contribution < 1.29 is 12.8 Å². The molecule has 2 heterocycles. The fourth-order valence-electron chi connectivity index (χ4n) is 3.09. The van der Waals surface area contributed by atoms with E-state index in [2.05, 4.69) is 20.5 Å². The second kappa shape index (κ2) is 7.05. The molecule has 0 aliphatic rings. The van der Waals surface area contributed by atoms with Crippen molar-refractivity contribution in [3.8, 4) is 11.3 Å². The normalized spacial score (nSPS) is 11.6. The molecular weight excluding hydrogens is 379 g/mol. The van der Waals surface area contributed by atoms with Crippen molar-refractivity contribution in [2.24, 2.45) is 0 Å². The standard InChI is InChI=1S/C20H17FN4O2S/c1-28(26,27)19-7-4-15(21)9-14(19)12-23-16-5-6-18-17(10-16)20(25-24-18)13-3-2-8-22-11-13/h2-11,23H,12H2,1H3,(H,24,25). The van der Waals surface area contributed by atoms with Gasteiger partial charge in [-0.25, -0.2) is 12.8 Å². The maximum absolute atomic E-state index is 13.6. The number of H-pyrrole nitrogens is 1. The van der Waals surface area contributed by atoms with E-state index in [9.17, 15) is 12.8 Å². The highest BCUT2D eigenvalue weighted by molar-refractivity contribution is 7.90. The minimum atomic E-state index is -3.45. The molecule has 0 aliphatic heterocycles. The van der Waals surface area contributed by atoms with Gasteiger partial charge in [0, 0.05) is 41.8 Å². The lowest BCUT2D eigenvalue weighted by molar-refractivity contribution is 0.598. The van der Waals surface area contributed by atoms with Crippen molar-refractivity contribution in [1.29, 1.82) is 0 Å². The van der Waals surface area contributed by atoms with E-state index in [4.69, 9.17) is 0 Å². The Hall–Kier alpha value is -3.26. The number of anilines is 1. The summed E-state index contributed by atoms with van der Waals surface area (Å²) >= 11 is 0. The van der Waals surface area contributed by atoms with Gasteiger partial charge in [-0.05, 0) is 54.1 Å². The number of nitrogens with one attached hydrogen (secondary N) is 2. The van der Waals surface area contributed by atoms with Crippen LogP contribution in [-0.2, 0) is 16.4 Å². The van der Waals surface area contributed by atoms with E-state index in [0.717, 1.165) is 40.2 Å². The number of hydrogen-bond donors (Lipinski definition) is 2. The number of hydrogen-bond acceptors (Lipinski definition) is 5. The predicted molar refractivity (Wildman–Crippen MR) is 106 cm³/mol. The van der Waals surface area contributed by atoms with Gasteiger partial charge in [0.2, 0.25) is 0 Å². The maximum Gasteiger partial charge on any atom is 0.175 e. The van der Waals surface area contributed by atoms with Crippen molar-refractivity contribution >= 4 is 26.4 Å². The molecule has 0 aliphatic carbocycles. The lowest BCUT2D eigenvalue weighted by Crippen LogP contribution is -2.07. The number of aromatic nitrogens is 3. The third kappa shape index (κ3) is 3.59. The second-order valence-corrected chi connectivity index (χ2v) is 8.44. The summed E-state index contributed by atoms with van der Waals surface area (Å²) in [4.78, 5) is 4.24. The molecule has 4 aromatic rings. The van der Waals surface area contributed by atoms with Gasteiger partial charge in [-0.15, -0.1) is 0 Å². The number of benzene rings is 2. The summed E-state index contributed by atoms with van der Waals surface area (Å²) in [6, 6.07) is 13.1. The van der Waals surface area contributed by atoms with Gasteiger partial charge in [-0.2, -0.15) is 5.10 Å². The Morgan fingerprint density at radius 2 is 2.00 bits per heavy atom. The molecule has 2 N–H and O–H groups in total. The Morgan fingerprint density at radius 3 is 2.75 bits per heavy atom. The van der Waals surface area contributed by atoms with E-state index in [0.29, 0.717) is 5.56 Å². The Bertz CT molecular complexity index is 1250. The van der Waals surface area contributed by atoms with Gasteiger partial charge in [-0.1, -0.05) is 0 Å². The van der Waals surface area contributed by atoms with Gasteiger partial charge in [-0.3, -0.25) is 10.1 Å². The summed E-state index contributed by atoms with van der Waals surface area (Å²) in [5.74, 6) is -0.478. The van der Waals surface area contributed by atoms with E-state index in [1.54, 1.807) is 12.4 Å². The summed E-state index contributed by atoms with van der Waals surface area (Å²) in [7, 11) is -3.45. The smallest absolute Gasteiger partial charge is 0.175 e. The molecule has 4 rings (SSSR count). The summed E-state index contributed by atoms with van der Waals surface area (Å²) in [6.45, 7) is 0.172. The van der Waals surface area contributed by atoms with Crippen LogP contribution in [0.25, 0.3) is 22.2 Å². The highest BCUT2D eigenvalue weighted by Crippen LogP contribution is 2.28. The van der Waals surface area contributed by atoms with Crippen LogP contribution in [0.15, 0.2) is 65.8 Å². The van der Waals surface area contributed by atoms with Gasteiger partial charge in [0.1, 0.15) is 11.5 Å². The quantitative estimate of drug-likeness (QED) is 0.501. The number of nitrogens with zero attached hydrogens (tertiary/aromatic N) is 2. The van der Waals surface area contributed by atoms with Crippen LogP contribution in [-0.4, -0.2) is 29.9 Å². The van der Waals surface area contributed by atoms with Crippen LogP contribution in [0, 0.1) is 5.82 Å². The average molecular weight is 396 g/mol. The molecule has 0 bridgehead atoms. The van der Waals surface area contributed by atoms with Gasteiger partial charge in [0.05, 0.1) is 10.4 Å². The highest BCUT2D eigenvalue weighted by Gasteiger charge is 2.14. The first kappa shape index (κ1) is 18.1. The molecule has 6 nitrogen and oxygen atoms in total. The molecule has 0 saturated carbocycles. The van der Waals surface area contributed by atoms with Crippen molar-refractivity contribution in [3.05, 3.63) is 72.3 Å². The third-order valence-electron chi connectivity index (χ3n) is 4.40. The van der Waals surface area contributed by atoms with Crippen molar-refractivity contribution in [3.63, 3.8) is 0 Å². The minimum absolute atomic E-state index is 0.113. The van der Waals surface area contributed by atoms with E-state index in [1.165, 1.54) is 12.1 Å². The molecule has 0 unspecified atom stereocenters. The lowest BCUT2D eigenvalue weighted by atomic mass is 10.1. The maximum atomic E-state index is 13.6. The van der Waals surface area contributed by atoms with Crippen molar-refractivity contribution in [2.45, 2.75) is 11.4 Å². The first-order chi connectivity index (χ1) is 13.4. The summed E-state index contributed by atoms with van der Waals surface area (Å²) in [5.41, 5.74) is 3.67. The highest BCUT2D eigenvalue weighted by atomic mass is 32.2. The molecule has 2 aromatic carbocycles. The Balaban J connectivity index is 1.66. The molecule has 0 radical (unpaired) electrons. The van der Waals surface area contributed by atoms with E-state index in [1.807, 2.05) is 30.3 Å². The number of halogens is 1. The van der Waals surface area contributed by atoms with Gasteiger partial charge in [0.25, 0.3) is 0 Å². The zero-order valence-corrected chi connectivity index (χ0v) is 15.8. The van der Waals surface area contributed by atoms with E-state index in [-0.39, 0.29) is 11.4 Å². The summed E-state index contributed by atoms with van der Waals surface area (Å²) in [6.07, 6.45) is 4.55. The number of fused-ring (bicyclic) bond motifs is 1. The molecule has 0 amide bonds. The number of pyridine rings is 1. The van der Waals surface area contributed by atoms with Crippen LogP contribution in [0.3, 0.4) is 0 Å². The molecule has 8 heteroatoms. The van der Waals surface area contributed by atoms with Crippen LogP contribution >= 0.6 is 0 Å². The number of sulfone groups is 1. The third-order valence-corrected chi connectivity index (χ3v) is 5.60. The molecule has 28 heavy (non-hydrogen) atoms. The predicted octanol–water partition coefficient (Wildman–Crippen LogP) is 3.78. The Labute approximate surface area is 161 Å². The number of rotatable bonds is 5. The van der Waals surface area contributed by atoms with Crippen LogP contribution in [0.2, 0.25) is 0 Å². The molecule has 0 fully saturated rings. The topological polar surface area (TPSA) is 87.7 Å². The van der Waals surface area contributed by atoms with Gasteiger partial charge >= 0.3 is 0 Å². The molecule has 142 valence electrons. The minimum Gasteiger partial charge on any atom is -0.381 e. The number of aromatic amines is 1. The molecular formula is C20H17FN4O2S. The summed E-state index contributed by atoms with van der Waals surface area (Å²) in [5, 5.41) is 11.4.